The largest absolute Gasteiger partial charge is 0.357 e. The number of nitrogens with one attached hydrogen (secondary N) is 1. The first-order valence-corrected chi connectivity index (χ1v) is 11.1. The number of thiocarbonyl (C=S) groups is 1. The number of hydrogen-bond acceptors (Lipinski definition) is 4. The number of allylic oxidation sites excluding steroid dienone is 1. The summed E-state index contributed by atoms with van der Waals surface area (Å²) in [6.07, 6.45) is 1.20. The van der Waals surface area contributed by atoms with Gasteiger partial charge < -0.3 is 5.32 Å². The van der Waals surface area contributed by atoms with Crippen molar-refractivity contribution in [3.8, 4) is 0 Å². The van der Waals surface area contributed by atoms with Gasteiger partial charge in [-0.25, -0.2) is 0 Å². The molecule has 1 N–H and O–H groups in total. The summed E-state index contributed by atoms with van der Waals surface area (Å²) in [4.78, 5) is 12.9. The zero-order valence-corrected chi connectivity index (χ0v) is 18.9. The molecule has 0 atom stereocenters. The van der Waals surface area contributed by atoms with Crippen molar-refractivity contribution in [2.75, 3.05) is 5.32 Å². The molecule has 2 aromatic carbocycles. The molecule has 0 heterocycles. The monoisotopic (exact) mass is 449 g/mol. The lowest BCUT2D eigenvalue weighted by Gasteiger charge is -2.33. The summed E-state index contributed by atoms with van der Waals surface area (Å²) in [6.45, 7) is 4.18. The predicted molar refractivity (Wildman–Crippen MR) is 125 cm³/mol. The van der Waals surface area contributed by atoms with Crippen LogP contribution in [-0.2, 0) is 10.5 Å². The standard InChI is InChI=1S/C22H21Cl2NOS2/c1-22(2)11-18(25-17-9-8-15(23)10-16(17)24)20(19(26)12-22)21(27)28-13-14-6-4-3-5-7-14/h3-10,25H,11-13H2,1-2H3. The van der Waals surface area contributed by atoms with Crippen LogP contribution >= 0.6 is 47.2 Å². The third kappa shape index (κ3) is 5.38. The summed E-state index contributed by atoms with van der Waals surface area (Å²) in [5.74, 6) is 0.809. The van der Waals surface area contributed by atoms with Gasteiger partial charge in [0.2, 0.25) is 0 Å². The summed E-state index contributed by atoms with van der Waals surface area (Å²) in [7, 11) is 0. The minimum atomic E-state index is -0.137. The summed E-state index contributed by atoms with van der Waals surface area (Å²) in [5, 5.41) is 4.44. The number of Topliss-reactive ketones (excluding diaryl/α,β-unsaturated/α-hetero) is 1. The molecule has 0 unspecified atom stereocenters. The van der Waals surface area contributed by atoms with Gasteiger partial charge >= 0.3 is 0 Å². The van der Waals surface area contributed by atoms with Crippen molar-refractivity contribution in [3.63, 3.8) is 0 Å². The molecule has 3 rings (SSSR count). The van der Waals surface area contributed by atoms with E-state index in [4.69, 9.17) is 35.4 Å². The van der Waals surface area contributed by atoms with Gasteiger partial charge in [0.05, 0.1) is 20.5 Å². The molecule has 0 fully saturated rings. The molecule has 0 saturated heterocycles. The van der Waals surface area contributed by atoms with E-state index in [9.17, 15) is 4.79 Å². The summed E-state index contributed by atoms with van der Waals surface area (Å²) < 4.78 is 0.622. The smallest absolute Gasteiger partial charge is 0.167 e. The maximum Gasteiger partial charge on any atom is 0.167 e. The Morgan fingerprint density at radius 1 is 1.14 bits per heavy atom. The van der Waals surface area contributed by atoms with Crippen LogP contribution in [0.1, 0.15) is 32.3 Å². The summed E-state index contributed by atoms with van der Waals surface area (Å²) in [6, 6.07) is 15.4. The third-order valence-electron chi connectivity index (χ3n) is 4.51. The molecule has 0 saturated carbocycles. The van der Waals surface area contributed by atoms with Gasteiger partial charge in [0, 0.05) is 22.9 Å². The van der Waals surface area contributed by atoms with Gasteiger partial charge in [-0.15, -0.1) is 11.8 Å². The summed E-state index contributed by atoms with van der Waals surface area (Å²) in [5.41, 5.74) is 3.20. The van der Waals surface area contributed by atoms with Gasteiger partial charge in [0.25, 0.3) is 0 Å². The van der Waals surface area contributed by atoms with E-state index < -0.39 is 0 Å². The van der Waals surface area contributed by atoms with E-state index in [-0.39, 0.29) is 11.2 Å². The second kappa shape index (κ2) is 9.00. The topological polar surface area (TPSA) is 29.1 Å². The van der Waals surface area contributed by atoms with Crippen LogP contribution in [0.25, 0.3) is 0 Å². The van der Waals surface area contributed by atoms with Crippen molar-refractivity contribution >= 4 is 62.8 Å². The molecule has 0 amide bonds. The molecule has 0 aromatic heterocycles. The van der Waals surface area contributed by atoms with Crippen LogP contribution in [-0.4, -0.2) is 9.98 Å². The quantitative estimate of drug-likeness (QED) is 0.484. The van der Waals surface area contributed by atoms with Crippen molar-refractivity contribution in [1.29, 1.82) is 0 Å². The Hall–Kier alpha value is -1.33. The number of carbonyl (C=O) groups is 1. The van der Waals surface area contributed by atoms with Crippen LogP contribution in [0.3, 0.4) is 0 Å². The van der Waals surface area contributed by atoms with Gasteiger partial charge in [-0.2, -0.15) is 0 Å². The van der Waals surface area contributed by atoms with Crippen molar-refractivity contribution in [2.45, 2.75) is 32.4 Å². The molecule has 0 spiro atoms. The van der Waals surface area contributed by atoms with Gasteiger partial charge in [-0.1, -0.05) is 79.6 Å². The van der Waals surface area contributed by atoms with Crippen LogP contribution in [0.5, 0.6) is 0 Å². The Morgan fingerprint density at radius 2 is 1.86 bits per heavy atom. The SMILES string of the molecule is CC1(C)CC(=O)C(C(=S)SCc2ccccc2)=C(Nc2ccc(Cl)cc2Cl)C1. The van der Waals surface area contributed by atoms with E-state index in [1.165, 1.54) is 17.3 Å². The molecule has 6 heteroatoms. The Kier molecular flexibility index (Phi) is 6.87. The van der Waals surface area contributed by atoms with Gasteiger partial charge in [-0.05, 0) is 35.6 Å². The fourth-order valence-electron chi connectivity index (χ4n) is 3.21. The molecule has 2 nitrogen and oxygen atoms in total. The molecule has 0 radical (unpaired) electrons. The zero-order chi connectivity index (χ0) is 20.3. The number of ketones is 1. The van der Waals surface area contributed by atoms with E-state index in [1.54, 1.807) is 12.1 Å². The normalized spacial score (nSPS) is 16.2. The average Bonchev–Trinajstić information content (AvgIpc) is 2.62. The number of carbonyl (C=O) groups excluding carboxylic acids is 1. The van der Waals surface area contributed by atoms with E-state index in [0.29, 0.717) is 26.2 Å². The molecule has 0 aliphatic heterocycles. The Labute approximate surface area is 185 Å². The van der Waals surface area contributed by atoms with Crippen molar-refractivity contribution in [2.24, 2.45) is 5.41 Å². The van der Waals surface area contributed by atoms with E-state index in [1.807, 2.05) is 24.3 Å². The lowest BCUT2D eigenvalue weighted by molar-refractivity contribution is -0.117. The Morgan fingerprint density at radius 3 is 2.54 bits per heavy atom. The molecule has 28 heavy (non-hydrogen) atoms. The van der Waals surface area contributed by atoms with Crippen LogP contribution in [0, 0.1) is 5.41 Å². The van der Waals surface area contributed by atoms with Crippen LogP contribution in [0.15, 0.2) is 59.8 Å². The van der Waals surface area contributed by atoms with E-state index in [2.05, 4.69) is 31.3 Å². The molecular weight excluding hydrogens is 429 g/mol. The minimum absolute atomic E-state index is 0.0781. The molecule has 2 aromatic rings. The number of rotatable bonds is 5. The van der Waals surface area contributed by atoms with Crippen molar-refractivity contribution < 1.29 is 4.79 Å². The van der Waals surface area contributed by atoms with Crippen LogP contribution in [0.4, 0.5) is 5.69 Å². The molecule has 146 valence electrons. The number of benzene rings is 2. The highest BCUT2D eigenvalue weighted by molar-refractivity contribution is 8.23. The predicted octanol–water partition coefficient (Wildman–Crippen LogP) is 7.31. The van der Waals surface area contributed by atoms with Gasteiger partial charge in [0.1, 0.15) is 0 Å². The highest BCUT2D eigenvalue weighted by atomic mass is 35.5. The highest BCUT2D eigenvalue weighted by Gasteiger charge is 2.35. The number of halogens is 2. The maximum atomic E-state index is 12.9. The lowest BCUT2D eigenvalue weighted by atomic mass is 9.76. The second-order valence-electron chi connectivity index (χ2n) is 7.61. The van der Waals surface area contributed by atoms with Gasteiger partial charge in [0.15, 0.2) is 5.78 Å². The average molecular weight is 450 g/mol. The number of hydrogen-bond donors (Lipinski definition) is 1. The summed E-state index contributed by atoms with van der Waals surface area (Å²) >= 11 is 19.5. The lowest BCUT2D eigenvalue weighted by Crippen LogP contribution is -2.30. The number of anilines is 1. The zero-order valence-electron chi connectivity index (χ0n) is 15.7. The van der Waals surface area contributed by atoms with Crippen molar-refractivity contribution in [1.82, 2.24) is 0 Å². The molecule has 0 bridgehead atoms. The van der Waals surface area contributed by atoms with E-state index >= 15 is 0 Å². The number of thioether (sulfide) groups is 1. The van der Waals surface area contributed by atoms with Crippen molar-refractivity contribution in [3.05, 3.63) is 75.4 Å². The van der Waals surface area contributed by atoms with Crippen LogP contribution in [0.2, 0.25) is 10.0 Å². The second-order valence-corrected chi connectivity index (χ2v) is 10.1. The minimum Gasteiger partial charge on any atom is -0.357 e. The van der Waals surface area contributed by atoms with Crippen LogP contribution < -0.4 is 5.32 Å². The first-order chi connectivity index (χ1) is 13.2. The molecule has 1 aliphatic carbocycles. The van der Waals surface area contributed by atoms with Gasteiger partial charge in [-0.3, -0.25) is 4.79 Å². The fourth-order valence-corrected chi connectivity index (χ4v) is 4.95. The molecular formula is C22H21Cl2NOS2. The maximum absolute atomic E-state index is 12.9. The molecule has 1 aliphatic rings. The first-order valence-electron chi connectivity index (χ1n) is 8.95. The first kappa shape index (κ1) is 21.4. The Balaban J connectivity index is 1.89. The highest BCUT2D eigenvalue weighted by Crippen LogP contribution is 2.40. The fraction of sp³-hybridized carbons (Fsp3) is 0.273. The third-order valence-corrected chi connectivity index (χ3v) is 6.56. The Bertz CT molecular complexity index is 939. The van der Waals surface area contributed by atoms with E-state index in [0.717, 1.165) is 23.6 Å².